The Morgan fingerprint density at radius 3 is 2.35 bits per heavy atom. The molecular formula is C19H27Cl2N3O2. The minimum atomic E-state index is -0.518. The van der Waals surface area contributed by atoms with E-state index in [4.69, 9.17) is 23.2 Å². The van der Waals surface area contributed by atoms with Crippen LogP contribution in [0.3, 0.4) is 0 Å². The first-order valence-electron chi connectivity index (χ1n) is 8.84. The van der Waals surface area contributed by atoms with Gasteiger partial charge in [-0.25, -0.2) is 0 Å². The third kappa shape index (κ3) is 5.35. The number of benzene rings is 1. The molecule has 1 aliphatic heterocycles. The van der Waals surface area contributed by atoms with Crippen LogP contribution in [0.2, 0.25) is 10.0 Å². The predicted octanol–water partition coefficient (Wildman–Crippen LogP) is 3.19. The second-order valence-electron chi connectivity index (χ2n) is 7.76. The molecule has 2 amide bonds. The molecule has 2 rings (SSSR count). The Bertz CT molecular complexity index is 665. The fourth-order valence-electron chi connectivity index (χ4n) is 2.79. The summed E-state index contributed by atoms with van der Waals surface area (Å²) in [6.45, 7) is 10.7. The maximum absolute atomic E-state index is 12.6. The highest BCUT2D eigenvalue weighted by atomic mass is 35.5. The van der Waals surface area contributed by atoms with Crippen LogP contribution in [-0.4, -0.2) is 53.8 Å². The average molecular weight is 400 g/mol. The van der Waals surface area contributed by atoms with Gasteiger partial charge in [-0.05, 0) is 18.6 Å². The maximum Gasteiger partial charge on any atom is 0.244 e. The van der Waals surface area contributed by atoms with Crippen LogP contribution in [0, 0.1) is 5.41 Å². The SMILES string of the molecule is CC(NC(=O)C(C)(C)C)C(=O)N1CCN(Cc2cccc(Cl)c2Cl)CC1. The van der Waals surface area contributed by atoms with Crippen molar-refractivity contribution in [1.29, 1.82) is 0 Å². The predicted molar refractivity (Wildman–Crippen MR) is 105 cm³/mol. The van der Waals surface area contributed by atoms with Crippen LogP contribution in [0.5, 0.6) is 0 Å². The van der Waals surface area contributed by atoms with Crippen molar-refractivity contribution in [3.63, 3.8) is 0 Å². The molecule has 1 aromatic carbocycles. The van der Waals surface area contributed by atoms with E-state index in [1.165, 1.54) is 0 Å². The van der Waals surface area contributed by atoms with Gasteiger partial charge in [0, 0.05) is 38.1 Å². The first-order valence-corrected chi connectivity index (χ1v) is 9.60. The molecule has 1 fully saturated rings. The van der Waals surface area contributed by atoms with E-state index in [0.29, 0.717) is 29.7 Å². The molecule has 7 heteroatoms. The number of carbonyl (C=O) groups is 2. The zero-order valence-electron chi connectivity index (χ0n) is 15.8. The molecule has 0 saturated carbocycles. The molecule has 0 radical (unpaired) electrons. The number of amides is 2. The Morgan fingerprint density at radius 2 is 1.77 bits per heavy atom. The van der Waals surface area contributed by atoms with Crippen molar-refractivity contribution in [3.05, 3.63) is 33.8 Å². The summed E-state index contributed by atoms with van der Waals surface area (Å²) in [6, 6.07) is 5.12. The van der Waals surface area contributed by atoms with Crippen LogP contribution in [0.1, 0.15) is 33.3 Å². The van der Waals surface area contributed by atoms with Gasteiger partial charge in [-0.3, -0.25) is 14.5 Å². The van der Waals surface area contributed by atoms with E-state index < -0.39 is 11.5 Å². The lowest BCUT2D eigenvalue weighted by Crippen LogP contribution is -2.54. The fraction of sp³-hybridized carbons (Fsp3) is 0.579. The van der Waals surface area contributed by atoms with Gasteiger partial charge in [-0.2, -0.15) is 0 Å². The van der Waals surface area contributed by atoms with Gasteiger partial charge in [0.05, 0.1) is 10.0 Å². The highest BCUT2D eigenvalue weighted by molar-refractivity contribution is 6.42. The molecule has 1 unspecified atom stereocenters. The summed E-state index contributed by atoms with van der Waals surface area (Å²) in [7, 11) is 0. The van der Waals surface area contributed by atoms with Gasteiger partial charge in [0.25, 0.3) is 0 Å². The molecule has 0 aromatic heterocycles. The number of halogens is 2. The summed E-state index contributed by atoms with van der Waals surface area (Å²) in [5.41, 5.74) is 0.480. The second-order valence-corrected chi connectivity index (χ2v) is 8.54. The number of hydrogen-bond acceptors (Lipinski definition) is 3. The van der Waals surface area contributed by atoms with Crippen molar-refractivity contribution in [1.82, 2.24) is 15.1 Å². The third-order valence-electron chi connectivity index (χ3n) is 4.51. The molecular weight excluding hydrogens is 373 g/mol. The Kier molecular flexibility index (Phi) is 6.94. The van der Waals surface area contributed by atoms with E-state index >= 15 is 0 Å². The van der Waals surface area contributed by atoms with Gasteiger partial charge in [0.2, 0.25) is 11.8 Å². The lowest BCUT2D eigenvalue weighted by Gasteiger charge is -2.36. The summed E-state index contributed by atoms with van der Waals surface area (Å²) in [6.07, 6.45) is 0. The number of nitrogens with zero attached hydrogens (tertiary/aromatic N) is 2. The van der Waals surface area contributed by atoms with Crippen molar-refractivity contribution >= 4 is 35.0 Å². The Balaban J connectivity index is 1.86. The van der Waals surface area contributed by atoms with Gasteiger partial charge >= 0.3 is 0 Å². The van der Waals surface area contributed by atoms with Gasteiger partial charge in [-0.1, -0.05) is 56.1 Å². The number of nitrogens with one attached hydrogen (secondary N) is 1. The van der Waals surface area contributed by atoms with Crippen LogP contribution in [-0.2, 0) is 16.1 Å². The van der Waals surface area contributed by atoms with Crippen molar-refractivity contribution < 1.29 is 9.59 Å². The van der Waals surface area contributed by atoms with E-state index in [-0.39, 0.29) is 11.8 Å². The fourth-order valence-corrected chi connectivity index (χ4v) is 3.17. The first-order chi connectivity index (χ1) is 12.1. The summed E-state index contributed by atoms with van der Waals surface area (Å²) in [5, 5.41) is 3.95. The summed E-state index contributed by atoms with van der Waals surface area (Å²) in [5.74, 6) is -0.157. The van der Waals surface area contributed by atoms with E-state index in [1.807, 2.05) is 37.8 Å². The van der Waals surface area contributed by atoms with Crippen molar-refractivity contribution in [2.24, 2.45) is 5.41 Å². The average Bonchev–Trinajstić information content (AvgIpc) is 2.58. The van der Waals surface area contributed by atoms with Crippen LogP contribution < -0.4 is 5.32 Å². The molecule has 144 valence electrons. The minimum absolute atomic E-state index is 0.0389. The number of rotatable bonds is 4. The highest BCUT2D eigenvalue weighted by Gasteiger charge is 2.29. The number of carbonyl (C=O) groups excluding carboxylic acids is 2. The van der Waals surface area contributed by atoms with Gasteiger partial charge in [0.1, 0.15) is 6.04 Å². The monoisotopic (exact) mass is 399 g/mol. The normalized spacial score (nSPS) is 17.1. The molecule has 0 bridgehead atoms. The quantitative estimate of drug-likeness (QED) is 0.845. The van der Waals surface area contributed by atoms with Crippen LogP contribution in [0.15, 0.2) is 18.2 Å². The molecule has 5 nitrogen and oxygen atoms in total. The standard InChI is InChI=1S/C19H27Cl2N3O2/c1-13(22-18(26)19(2,3)4)17(25)24-10-8-23(9-11-24)12-14-6-5-7-15(20)16(14)21/h5-7,13H,8-12H2,1-4H3,(H,22,26). The summed E-state index contributed by atoms with van der Waals surface area (Å²) < 4.78 is 0. The summed E-state index contributed by atoms with van der Waals surface area (Å²) >= 11 is 12.3. The number of hydrogen-bond donors (Lipinski definition) is 1. The molecule has 1 heterocycles. The Morgan fingerprint density at radius 1 is 1.15 bits per heavy atom. The van der Waals surface area contributed by atoms with Crippen LogP contribution in [0.25, 0.3) is 0 Å². The second kappa shape index (κ2) is 8.59. The third-order valence-corrected chi connectivity index (χ3v) is 5.37. The lowest BCUT2D eigenvalue weighted by atomic mass is 9.95. The lowest BCUT2D eigenvalue weighted by molar-refractivity contribution is -0.139. The molecule has 1 aliphatic rings. The van der Waals surface area contributed by atoms with Gasteiger partial charge in [-0.15, -0.1) is 0 Å². The van der Waals surface area contributed by atoms with E-state index in [0.717, 1.165) is 18.7 Å². The van der Waals surface area contributed by atoms with Crippen molar-refractivity contribution in [2.45, 2.75) is 40.3 Å². The molecule has 26 heavy (non-hydrogen) atoms. The van der Waals surface area contributed by atoms with Gasteiger partial charge in [0.15, 0.2) is 0 Å². The van der Waals surface area contributed by atoms with E-state index in [9.17, 15) is 9.59 Å². The van der Waals surface area contributed by atoms with Gasteiger partial charge < -0.3 is 10.2 Å². The molecule has 0 aliphatic carbocycles. The van der Waals surface area contributed by atoms with Crippen LogP contribution >= 0.6 is 23.2 Å². The topological polar surface area (TPSA) is 52.7 Å². The summed E-state index contributed by atoms with van der Waals surface area (Å²) in [4.78, 5) is 28.7. The first kappa shape index (κ1) is 21.0. The maximum atomic E-state index is 12.6. The molecule has 1 N–H and O–H groups in total. The molecule has 0 spiro atoms. The zero-order valence-corrected chi connectivity index (χ0v) is 17.3. The molecule has 1 saturated heterocycles. The minimum Gasteiger partial charge on any atom is -0.344 e. The van der Waals surface area contributed by atoms with E-state index in [1.54, 1.807) is 13.0 Å². The van der Waals surface area contributed by atoms with Crippen molar-refractivity contribution in [2.75, 3.05) is 26.2 Å². The van der Waals surface area contributed by atoms with E-state index in [2.05, 4.69) is 10.2 Å². The Hall–Kier alpha value is -1.30. The molecule has 1 aromatic rings. The zero-order chi connectivity index (χ0) is 19.5. The smallest absolute Gasteiger partial charge is 0.244 e. The molecule has 1 atom stereocenters. The van der Waals surface area contributed by atoms with Crippen molar-refractivity contribution in [3.8, 4) is 0 Å². The number of piperazine rings is 1. The highest BCUT2D eigenvalue weighted by Crippen LogP contribution is 2.26. The van der Waals surface area contributed by atoms with Crippen LogP contribution in [0.4, 0.5) is 0 Å². The largest absolute Gasteiger partial charge is 0.344 e. The Labute approximate surface area is 165 Å².